The number of rotatable bonds is 5. The number of hydrogen-bond donors (Lipinski definition) is 0. The predicted molar refractivity (Wildman–Crippen MR) is 79.0 cm³/mol. The van der Waals surface area contributed by atoms with Crippen LogP contribution in [0.15, 0.2) is 0 Å². The molecule has 0 spiro atoms. The lowest BCUT2D eigenvalue weighted by atomic mass is 10.0. The molecule has 0 aromatic carbocycles. The van der Waals surface area contributed by atoms with Crippen molar-refractivity contribution in [3.05, 3.63) is 5.75 Å². The summed E-state index contributed by atoms with van der Waals surface area (Å²) < 4.78 is 20.4. The first-order chi connectivity index (χ1) is 10.7. The first kappa shape index (κ1) is 19.3. The molecule has 0 aromatic rings. The zero-order valence-electron chi connectivity index (χ0n) is 13.3. The van der Waals surface area contributed by atoms with Crippen LogP contribution in [0, 0.1) is 5.75 Å². The van der Waals surface area contributed by atoms with Gasteiger partial charge in [0.25, 0.3) is 0 Å². The standard InChI is InChI=1S/C14H19O8S/c1-7(15)19-5-12-14(22-10(4)18)13(21-9(3)17)11(6-23-12)20-8(2)16/h6,11-14H,5H2,1-4H3/t11-,12-,13+,14+/m0/s1. The maximum Gasteiger partial charge on any atom is 0.303 e. The zero-order valence-corrected chi connectivity index (χ0v) is 14.1. The lowest BCUT2D eigenvalue weighted by molar-refractivity contribution is -0.181. The average molecular weight is 347 g/mol. The van der Waals surface area contributed by atoms with Gasteiger partial charge in [0.15, 0.2) is 18.3 Å². The Hall–Kier alpha value is -1.77. The van der Waals surface area contributed by atoms with Crippen molar-refractivity contribution in [2.45, 2.75) is 51.3 Å². The minimum atomic E-state index is -1.01. The Labute approximate surface area is 138 Å². The second-order valence-electron chi connectivity index (χ2n) is 4.84. The van der Waals surface area contributed by atoms with E-state index in [0.29, 0.717) is 0 Å². The smallest absolute Gasteiger partial charge is 0.303 e. The Morgan fingerprint density at radius 3 is 1.83 bits per heavy atom. The fourth-order valence-electron chi connectivity index (χ4n) is 2.01. The molecule has 8 nitrogen and oxygen atoms in total. The van der Waals surface area contributed by atoms with Gasteiger partial charge in [-0.3, -0.25) is 19.2 Å². The molecule has 129 valence electrons. The maximum atomic E-state index is 11.4. The quantitative estimate of drug-likeness (QED) is 0.522. The highest BCUT2D eigenvalue weighted by atomic mass is 32.2. The normalized spacial score (nSPS) is 26.8. The van der Waals surface area contributed by atoms with Gasteiger partial charge in [-0.25, -0.2) is 0 Å². The van der Waals surface area contributed by atoms with Crippen LogP contribution in [-0.2, 0) is 38.1 Å². The van der Waals surface area contributed by atoms with Crippen LogP contribution in [0.2, 0.25) is 0 Å². The molecule has 1 saturated heterocycles. The van der Waals surface area contributed by atoms with Crippen LogP contribution in [0.25, 0.3) is 0 Å². The fraction of sp³-hybridized carbons (Fsp3) is 0.643. The van der Waals surface area contributed by atoms with E-state index in [-0.39, 0.29) is 6.61 Å². The van der Waals surface area contributed by atoms with Crippen LogP contribution >= 0.6 is 11.8 Å². The van der Waals surface area contributed by atoms with E-state index < -0.39 is 47.4 Å². The van der Waals surface area contributed by atoms with E-state index in [1.54, 1.807) is 5.75 Å². The molecule has 0 aromatic heterocycles. The van der Waals surface area contributed by atoms with E-state index >= 15 is 0 Å². The molecule has 0 unspecified atom stereocenters. The fourth-order valence-corrected chi connectivity index (χ4v) is 3.09. The second-order valence-corrected chi connectivity index (χ2v) is 5.99. The molecule has 1 aliphatic rings. The van der Waals surface area contributed by atoms with Gasteiger partial charge in [-0.05, 0) is 0 Å². The molecular weight excluding hydrogens is 328 g/mol. The monoisotopic (exact) mass is 347 g/mol. The van der Waals surface area contributed by atoms with Gasteiger partial charge in [0.2, 0.25) is 0 Å². The molecule has 0 amide bonds. The molecule has 1 radical (unpaired) electrons. The van der Waals surface area contributed by atoms with Crippen LogP contribution in [0.3, 0.4) is 0 Å². The molecule has 0 bridgehead atoms. The van der Waals surface area contributed by atoms with E-state index in [0.717, 1.165) is 0 Å². The molecule has 0 N–H and O–H groups in total. The lowest BCUT2D eigenvalue weighted by Crippen LogP contribution is -2.54. The summed E-state index contributed by atoms with van der Waals surface area (Å²) in [7, 11) is 0. The molecule has 9 heteroatoms. The summed E-state index contributed by atoms with van der Waals surface area (Å²) in [6.07, 6.45) is -2.81. The summed E-state index contributed by atoms with van der Waals surface area (Å²) in [6, 6.07) is 0. The molecule has 1 rings (SSSR count). The summed E-state index contributed by atoms with van der Waals surface area (Å²) in [5.41, 5.74) is 0. The van der Waals surface area contributed by atoms with Crippen molar-refractivity contribution in [3.63, 3.8) is 0 Å². The van der Waals surface area contributed by atoms with Crippen molar-refractivity contribution < 1.29 is 38.1 Å². The van der Waals surface area contributed by atoms with Crippen molar-refractivity contribution in [1.29, 1.82) is 0 Å². The number of hydrogen-bond acceptors (Lipinski definition) is 9. The Bertz CT molecular complexity index is 477. The van der Waals surface area contributed by atoms with E-state index in [4.69, 9.17) is 18.9 Å². The van der Waals surface area contributed by atoms with Crippen molar-refractivity contribution in [2.24, 2.45) is 0 Å². The third-order valence-corrected chi connectivity index (χ3v) is 3.94. The van der Waals surface area contributed by atoms with Crippen LogP contribution < -0.4 is 0 Å². The summed E-state index contributed by atoms with van der Waals surface area (Å²) in [6.45, 7) is 4.83. The van der Waals surface area contributed by atoms with Crippen molar-refractivity contribution in [2.75, 3.05) is 6.61 Å². The van der Waals surface area contributed by atoms with E-state index in [2.05, 4.69) is 0 Å². The van der Waals surface area contributed by atoms with Crippen LogP contribution in [0.1, 0.15) is 27.7 Å². The van der Waals surface area contributed by atoms with Gasteiger partial charge in [-0.15, -0.1) is 11.8 Å². The van der Waals surface area contributed by atoms with Crippen molar-refractivity contribution in [3.8, 4) is 0 Å². The SMILES string of the molecule is CC(=O)OC[C@@H]1S[CH][C@H](OC(C)=O)[C@@H](OC(C)=O)[C@@H]1OC(C)=O. The minimum absolute atomic E-state index is 0.0427. The summed E-state index contributed by atoms with van der Waals surface area (Å²) >= 11 is 1.19. The molecule has 1 fully saturated rings. The van der Waals surface area contributed by atoms with E-state index in [1.165, 1.54) is 39.5 Å². The van der Waals surface area contributed by atoms with Gasteiger partial charge in [0.05, 0.1) is 11.0 Å². The molecule has 1 aliphatic heterocycles. The number of ether oxygens (including phenoxy) is 4. The summed E-state index contributed by atoms with van der Waals surface area (Å²) in [5.74, 6) is -0.703. The number of thioether (sulfide) groups is 1. The predicted octanol–water partition coefficient (Wildman–Crippen LogP) is 0.622. The van der Waals surface area contributed by atoms with Gasteiger partial charge in [-0.2, -0.15) is 0 Å². The number of esters is 4. The van der Waals surface area contributed by atoms with Gasteiger partial charge in [0.1, 0.15) is 6.61 Å². The highest BCUT2D eigenvalue weighted by Gasteiger charge is 2.46. The van der Waals surface area contributed by atoms with Crippen LogP contribution in [0.4, 0.5) is 0 Å². The van der Waals surface area contributed by atoms with E-state index in [1.807, 2.05) is 0 Å². The Morgan fingerprint density at radius 1 is 0.826 bits per heavy atom. The Balaban J connectivity index is 2.98. The first-order valence-electron chi connectivity index (χ1n) is 6.84. The molecule has 0 saturated carbocycles. The minimum Gasteiger partial charge on any atom is -0.465 e. The third-order valence-electron chi connectivity index (χ3n) is 2.76. The average Bonchev–Trinajstić information content (AvgIpc) is 2.39. The molecule has 23 heavy (non-hydrogen) atoms. The summed E-state index contributed by atoms with van der Waals surface area (Å²) in [5, 5.41) is -0.487. The third kappa shape index (κ3) is 6.47. The molecule has 0 aliphatic carbocycles. The molecular formula is C14H19O8S. The van der Waals surface area contributed by atoms with E-state index in [9.17, 15) is 19.2 Å². The topological polar surface area (TPSA) is 105 Å². The largest absolute Gasteiger partial charge is 0.465 e. The first-order valence-corrected chi connectivity index (χ1v) is 7.78. The summed E-state index contributed by atoms with van der Waals surface area (Å²) in [4.78, 5) is 44.9. The highest BCUT2D eigenvalue weighted by Crippen LogP contribution is 2.35. The van der Waals surface area contributed by atoms with Gasteiger partial charge in [0, 0.05) is 27.7 Å². The van der Waals surface area contributed by atoms with Crippen molar-refractivity contribution >= 4 is 35.6 Å². The number of carbonyl (C=O) groups excluding carboxylic acids is 4. The maximum absolute atomic E-state index is 11.4. The Morgan fingerprint density at radius 2 is 1.35 bits per heavy atom. The van der Waals surface area contributed by atoms with Crippen molar-refractivity contribution in [1.82, 2.24) is 0 Å². The second kappa shape index (κ2) is 8.76. The lowest BCUT2D eigenvalue weighted by Gasteiger charge is -2.39. The van der Waals surface area contributed by atoms with Gasteiger partial charge >= 0.3 is 23.9 Å². The zero-order chi connectivity index (χ0) is 17.6. The Kier molecular flexibility index (Phi) is 7.34. The van der Waals surface area contributed by atoms with Crippen LogP contribution in [0.5, 0.6) is 0 Å². The van der Waals surface area contributed by atoms with Gasteiger partial charge < -0.3 is 18.9 Å². The van der Waals surface area contributed by atoms with Gasteiger partial charge in [-0.1, -0.05) is 0 Å². The molecule has 4 atom stereocenters. The highest BCUT2D eigenvalue weighted by molar-refractivity contribution is 8.02. The number of carbonyl (C=O) groups is 4. The molecule has 1 heterocycles. The van der Waals surface area contributed by atoms with Crippen LogP contribution in [-0.4, -0.2) is 54.0 Å².